The van der Waals surface area contributed by atoms with Crippen molar-refractivity contribution in [1.29, 1.82) is 0 Å². The summed E-state index contributed by atoms with van der Waals surface area (Å²) in [7, 11) is 0. The van der Waals surface area contributed by atoms with Crippen LogP contribution in [-0.4, -0.2) is 42.4 Å². The molecule has 1 aliphatic rings. The Bertz CT molecular complexity index is 705. The van der Waals surface area contributed by atoms with E-state index >= 15 is 0 Å². The third-order valence-electron chi connectivity index (χ3n) is 4.51. The van der Waals surface area contributed by atoms with E-state index in [4.69, 9.17) is 28.6 Å². The molecule has 26 heavy (non-hydrogen) atoms. The molecule has 0 radical (unpaired) electrons. The normalized spacial score (nSPS) is 17.3. The van der Waals surface area contributed by atoms with E-state index in [1.165, 1.54) is 5.56 Å². The van der Waals surface area contributed by atoms with Gasteiger partial charge in [-0.1, -0.05) is 41.9 Å². The number of ether oxygens (including phenoxy) is 1. The molecular formula is C20H24ClN3OS. The number of hydrogen-bond donors (Lipinski definition) is 2. The second kappa shape index (κ2) is 9.33. The summed E-state index contributed by atoms with van der Waals surface area (Å²) in [6.07, 6.45) is 0. The van der Waals surface area contributed by atoms with Crippen LogP contribution in [0.25, 0.3) is 0 Å². The Kier molecular flexibility index (Phi) is 6.86. The maximum Gasteiger partial charge on any atom is 0.171 e. The zero-order chi connectivity index (χ0) is 18.4. The number of morpholine rings is 1. The molecule has 3 rings (SSSR count). The molecule has 2 aromatic rings. The number of benzene rings is 2. The molecule has 0 amide bonds. The molecule has 2 atom stereocenters. The summed E-state index contributed by atoms with van der Waals surface area (Å²) in [6.45, 7) is 5.54. The largest absolute Gasteiger partial charge is 0.379 e. The van der Waals surface area contributed by atoms with E-state index in [-0.39, 0.29) is 12.1 Å². The molecule has 1 fully saturated rings. The molecule has 0 saturated carbocycles. The first-order chi connectivity index (χ1) is 12.6. The highest BCUT2D eigenvalue weighted by molar-refractivity contribution is 7.80. The van der Waals surface area contributed by atoms with Crippen LogP contribution in [0, 0.1) is 0 Å². The van der Waals surface area contributed by atoms with Gasteiger partial charge < -0.3 is 15.4 Å². The van der Waals surface area contributed by atoms with Crippen molar-refractivity contribution in [3.8, 4) is 0 Å². The minimum Gasteiger partial charge on any atom is -0.379 e. The lowest BCUT2D eigenvalue weighted by Crippen LogP contribution is -2.49. The van der Waals surface area contributed by atoms with Crippen molar-refractivity contribution < 1.29 is 4.74 Å². The summed E-state index contributed by atoms with van der Waals surface area (Å²) in [5, 5.41) is 7.98. The van der Waals surface area contributed by atoms with Gasteiger partial charge in [-0.05, 0) is 49.0 Å². The van der Waals surface area contributed by atoms with E-state index in [1.54, 1.807) is 0 Å². The van der Waals surface area contributed by atoms with E-state index in [0.717, 1.165) is 32.0 Å². The molecule has 1 saturated heterocycles. The molecule has 2 aromatic carbocycles. The fourth-order valence-corrected chi connectivity index (χ4v) is 3.74. The van der Waals surface area contributed by atoms with E-state index in [2.05, 4.69) is 46.7 Å². The van der Waals surface area contributed by atoms with E-state index in [1.807, 2.05) is 30.3 Å². The summed E-state index contributed by atoms with van der Waals surface area (Å²) < 4.78 is 5.52. The van der Waals surface area contributed by atoms with Gasteiger partial charge in [0.05, 0.1) is 19.3 Å². The average Bonchev–Trinajstić information content (AvgIpc) is 2.65. The number of thiocarbonyl (C=S) groups is 1. The fourth-order valence-electron chi connectivity index (χ4n) is 3.31. The Labute approximate surface area is 165 Å². The summed E-state index contributed by atoms with van der Waals surface area (Å²) in [6, 6.07) is 18.4. The molecule has 0 aliphatic carbocycles. The zero-order valence-corrected chi connectivity index (χ0v) is 16.4. The molecular weight excluding hydrogens is 366 g/mol. The van der Waals surface area contributed by atoms with E-state index < -0.39 is 0 Å². The Morgan fingerprint density at radius 3 is 2.38 bits per heavy atom. The highest BCUT2D eigenvalue weighted by Crippen LogP contribution is 2.25. The third-order valence-corrected chi connectivity index (χ3v) is 4.99. The van der Waals surface area contributed by atoms with Crippen molar-refractivity contribution >= 4 is 34.6 Å². The van der Waals surface area contributed by atoms with Gasteiger partial charge >= 0.3 is 0 Å². The molecule has 2 N–H and O–H groups in total. The monoisotopic (exact) mass is 389 g/mol. The third kappa shape index (κ3) is 5.17. The summed E-state index contributed by atoms with van der Waals surface area (Å²) in [5.74, 6) is 0. The fraction of sp³-hybridized carbons (Fsp3) is 0.350. The second-order valence-electron chi connectivity index (χ2n) is 6.40. The number of anilines is 1. The average molecular weight is 390 g/mol. The van der Waals surface area contributed by atoms with Crippen LogP contribution in [0.3, 0.4) is 0 Å². The number of halogens is 1. The Hall–Kier alpha value is -1.66. The van der Waals surface area contributed by atoms with Crippen molar-refractivity contribution in [1.82, 2.24) is 10.2 Å². The number of nitrogens with zero attached hydrogens (tertiary/aromatic N) is 1. The minimum absolute atomic E-state index is 0.141. The number of hydrogen-bond acceptors (Lipinski definition) is 3. The van der Waals surface area contributed by atoms with Crippen LogP contribution in [-0.2, 0) is 4.74 Å². The lowest BCUT2D eigenvalue weighted by Gasteiger charge is -2.38. The van der Waals surface area contributed by atoms with Crippen molar-refractivity contribution in [2.24, 2.45) is 0 Å². The zero-order valence-electron chi connectivity index (χ0n) is 14.8. The quantitative estimate of drug-likeness (QED) is 0.753. The van der Waals surface area contributed by atoms with Crippen molar-refractivity contribution in [2.75, 3.05) is 31.6 Å². The predicted octanol–water partition coefficient (Wildman–Crippen LogP) is 4.09. The van der Waals surface area contributed by atoms with Crippen LogP contribution in [0.4, 0.5) is 5.69 Å². The van der Waals surface area contributed by atoms with Crippen LogP contribution in [0.1, 0.15) is 18.5 Å². The van der Waals surface area contributed by atoms with Gasteiger partial charge in [0.1, 0.15) is 0 Å². The van der Waals surface area contributed by atoms with Gasteiger partial charge in [0.2, 0.25) is 0 Å². The van der Waals surface area contributed by atoms with Crippen molar-refractivity contribution in [3.05, 3.63) is 65.2 Å². The lowest BCUT2D eigenvalue weighted by atomic mass is 9.98. The van der Waals surface area contributed by atoms with Crippen LogP contribution < -0.4 is 10.6 Å². The number of nitrogens with one attached hydrogen (secondary N) is 2. The molecule has 1 aliphatic heterocycles. The molecule has 0 bridgehead atoms. The Morgan fingerprint density at radius 1 is 1.08 bits per heavy atom. The van der Waals surface area contributed by atoms with Crippen LogP contribution >= 0.6 is 23.8 Å². The van der Waals surface area contributed by atoms with Crippen LogP contribution in [0.2, 0.25) is 5.02 Å². The van der Waals surface area contributed by atoms with Crippen LogP contribution in [0.15, 0.2) is 54.6 Å². The van der Waals surface area contributed by atoms with Gasteiger partial charge in [-0.25, -0.2) is 0 Å². The predicted molar refractivity (Wildman–Crippen MR) is 112 cm³/mol. The van der Waals surface area contributed by atoms with Gasteiger partial charge in [0.25, 0.3) is 0 Å². The van der Waals surface area contributed by atoms with Gasteiger partial charge in [0, 0.05) is 29.8 Å². The summed E-state index contributed by atoms with van der Waals surface area (Å²) in [4.78, 5) is 2.46. The first-order valence-corrected chi connectivity index (χ1v) is 9.62. The SMILES string of the molecule is C[C@@H](NC(=S)Nc1ccc(Cl)cc1)[C@@H](c1ccccc1)N1CCOCC1. The van der Waals surface area contributed by atoms with Crippen molar-refractivity contribution in [2.45, 2.75) is 19.0 Å². The maximum atomic E-state index is 5.94. The summed E-state index contributed by atoms with van der Waals surface area (Å²) in [5.41, 5.74) is 2.20. The smallest absolute Gasteiger partial charge is 0.171 e. The highest BCUT2D eigenvalue weighted by Gasteiger charge is 2.28. The number of rotatable bonds is 5. The van der Waals surface area contributed by atoms with E-state index in [0.29, 0.717) is 10.1 Å². The second-order valence-corrected chi connectivity index (χ2v) is 7.24. The highest BCUT2D eigenvalue weighted by atomic mass is 35.5. The Morgan fingerprint density at radius 2 is 1.73 bits per heavy atom. The van der Waals surface area contributed by atoms with Gasteiger partial charge in [-0.3, -0.25) is 4.90 Å². The molecule has 0 aromatic heterocycles. The molecule has 0 unspecified atom stereocenters. The van der Waals surface area contributed by atoms with Gasteiger partial charge in [-0.15, -0.1) is 0 Å². The molecule has 4 nitrogen and oxygen atoms in total. The molecule has 0 spiro atoms. The molecule has 6 heteroatoms. The van der Waals surface area contributed by atoms with Crippen molar-refractivity contribution in [3.63, 3.8) is 0 Å². The first-order valence-electron chi connectivity index (χ1n) is 8.83. The Balaban J connectivity index is 1.69. The van der Waals surface area contributed by atoms with Gasteiger partial charge in [-0.2, -0.15) is 0 Å². The van der Waals surface area contributed by atoms with E-state index in [9.17, 15) is 0 Å². The topological polar surface area (TPSA) is 36.5 Å². The molecule has 138 valence electrons. The lowest BCUT2D eigenvalue weighted by molar-refractivity contribution is 0.0102. The summed E-state index contributed by atoms with van der Waals surface area (Å²) >= 11 is 11.5. The standard InChI is InChI=1S/C20H24ClN3OS/c1-15(22-20(26)23-18-9-7-17(21)8-10-18)19(16-5-3-2-4-6-16)24-11-13-25-14-12-24/h2-10,15,19H,11-14H2,1H3,(H2,22,23,26)/t15-,19+/m1/s1. The van der Waals surface area contributed by atoms with Crippen LogP contribution in [0.5, 0.6) is 0 Å². The maximum absolute atomic E-state index is 5.94. The first kappa shape index (κ1) is 19.1. The molecule has 1 heterocycles. The van der Waals surface area contributed by atoms with Gasteiger partial charge in [0.15, 0.2) is 5.11 Å². The minimum atomic E-state index is 0.141.